The van der Waals surface area contributed by atoms with E-state index in [1.165, 1.54) is 11.3 Å². The van der Waals surface area contributed by atoms with Gasteiger partial charge in [0.25, 0.3) is 0 Å². The van der Waals surface area contributed by atoms with Crippen molar-refractivity contribution in [3.63, 3.8) is 0 Å². The summed E-state index contributed by atoms with van der Waals surface area (Å²) in [6.45, 7) is 3.51. The highest BCUT2D eigenvalue weighted by molar-refractivity contribution is 5.62. The fourth-order valence-corrected chi connectivity index (χ4v) is 2.87. The quantitative estimate of drug-likeness (QED) is 0.887. The summed E-state index contributed by atoms with van der Waals surface area (Å²) in [5, 5.41) is 0. The molecule has 98 valence electrons. The Hall–Kier alpha value is -1.42. The van der Waals surface area contributed by atoms with E-state index in [2.05, 4.69) is 31.0 Å². The molecule has 18 heavy (non-hydrogen) atoms. The third-order valence-corrected chi connectivity index (χ3v) is 3.91. The van der Waals surface area contributed by atoms with Gasteiger partial charge < -0.3 is 20.1 Å². The number of hydrogen-bond acceptors (Lipinski definition) is 4. The highest BCUT2D eigenvalue weighted by Crippen LogP contribution is 2.38. The summed E-state index contributed by atoms with van der Waals surface area (Å²) in [6.07, 6.45) is 2.29. The second-order valence-corrected chi connectivity index (χ2v) is 5.47. The molecule has 0 atom stereocenters. The van der Waals surface area contributed by atoms with Gasteiger partial charge in [-0.3, -0.25) is 0 Å². The van der Waals surface area contributed by atoms with Crippen molar-refractivity contribution < 1.29 is 9.47 Å². The number of aryl methyl sites for hydroxylation is 1. The molecule has 0 spiro atoms. The van der Waals surface area contributed by atoms with Gasteiger partial charge in [0.1, 0.15) is 0 Å². The molecule has 1 aliphatic carbocycles. The molecule has 0 radical (unpaired) electrons. The third-order valence-electron chi connectivity index (χ3n) is 3.91. The van der Waals surface area contributed by atoms with Gasteiger partial charge in [-0.05, 0) is 37.3 Å². The highest BCUT2D eigenvalue weighted by Gasteiger charge is 2.27. The zero-order valence-electron chi connectivity index (χ0n) is 11.0. The fraction of sp³-hybridized carbons (Fsp3) is 0.571. The van der Waals surface area contributed by atoms with Crippen LogP contribution in [0.1, 0.15) is 18.4 Å². The SMILES string of the molecule is Cc1cc2c(cc1N(C)CC1CC(N)C1)OCO2. The highest BCUT2D eigenvalue weighted by atomic mass is 16.7. The van der Waals surface area contributed by atoms with E-state index >= 15 is 0 Å². The van der Waals surface area contributed by atoms with Crippen molar-refractivity contribution >= 4 is 5.69 Å². The molecule has 1 saturated carbocycles. The summed E-state index contributed by atoms with van der Waals surface area (Å²) in [5.41, 5.74) is 8.28. The predicted molar refractivity (Wildman–Crippen MR) is 71.3 cm³/mol. The minimum Gasteiger partial charge on any atom is -0.454 e. The van der Waals surface area contributed by atoms with Crippen LogP contribution >= 0.6 is 0 Å². The van der Waals surface area contributed by atoms with Gasteiger partial charge >= 0.3 is 0 Å². The molecule has 0 saturated heterocycles. The smallest absolute Gasteiger partial charge is 0.231 e. The molecule has 4 heteroatoms. The van der Waals surface area contributed by atoms with E-state index in [9.17, 15) is 0 Å². The Kier molecular flexibility index (Phi) is 2.82. The van der Waals surface area contributed by atoms with Crippen LogP contribution in [0.5, 0.6) is 11.5 Å². The van der Waals surface area contributed by atoms with Crippen LogP contribution in [0.15, 0.2) is 12.1 Å². The summed E-state index contributed by atoms with van der Waals surface area (Å²) < 4.78 is 10.8. The fourth-order valence-electron chi connectivity index (χ4n) is 2.87. The summed E-state index contributed by atoms with van der Waals surface area (Å²) in [5.74, 6) is 2.44. The first-order chi connectivity index (χ1) is 8.63. The zero-order valence-corrected chi connectivity index (χ0v) is 11.0. The van der Waals surface area contributed by atoms with Gasteiger partial charge in [-0.25, -0.2) is 0 Å². The van der Waals surface area contributed by atoms with Crippen molar-refractivity contribution in [1.82, 2.24) is 0 Å². The van der Waals surface area contributed by atoms with Crippen LogP contribution in [0, 0.1) is 12.8 Å². The summed E-state index contributed by atoms with van der Waals surface area (Å²) in [4.78, 5) is 2.30. The van der Waals surface area contributed by atoms with Crippen LogP contribution in [0.2, 0.25) is 0 Å². The largest absolute Gasteiger partial charge is 0.454 e. The minimum atomic E-state index is 0.333. The van der Waals surface area contributed by atoms with Crippen LogP contribution in [0.25, 0.3) is 0 Å². The van der Waals surface area contributed by atoms with E-state index in [4.69, 9.17) is 15.2 Å². The number of rotatable bonds is 3. The second-order valence-electron chi connectivity index (χ2n) is 5.47. The minimum absolute atomic E-state index is 0.333. The Morgan fingerprint density at radius 1 is 1.28 bits per heavy atom. The molecule has 0 bridgehead atoms. The summed E-state index contributed by atoms with van der Waals surface area (Å²) in [7, 11) is 2.13. The molecule has 4 nitrogen and oxygen atoms in total. The maximum atomic E-state index is 5.83. The molecule has 0 aromatic heterocycles. The molecule has 1 aliphatic heterocycles. The summed E-state index contributed by atoms with van der Waals surface area (Å²) in [6, 6.07) is 4.55. The standard InChI is InChI=1S/C14H20N2O2/c1-9-3-13-14(18-8-17-13)6-12(9)16(2)7-10-4-11(15)5-10/h3,6,10-11H,4-5,7-8,15H2,1-2H3. The van der Waals surface area contributed by atoms with E-state index in [-0.39, 0.29) is 0 Å². The molecule has 2 aliphatic rings. The van der Waals surface area contributed by atoms with E-state index in [0.717, 1.165) is 36.8 Å². The second kappa shape index (κ2) is 4.35. The molecule has 0 unspecified atom stereocenters. The van der Waals surface area contributed by atoms with Gasteiger partial charge in [-0.15, -0.1) is 0 Å². The topological polar surface area (TPSA) is 47.7 Å². The van der Waals surface area contributed by atoms with E-state index in [1.807, 2.05) is 0 Å². The van der Waals surface area contributed by atoms with Crippen LogP contribution < -0.4 is 20.1 Å². The predicted octanol–water partition coefficient (Wildman–Crippen LogP) is 1.90. The lowest BCUT2D eigenvalue weighted by Gasteiger charge is -2.36. The van der Waals surface area contributed by atoms with Gasteiger partial charge in [-0.2, -0.15) is 0 Å². The summed E-state index contributed by atoms with van der Waals surface area (Å²) >= 11 is 0. The molecular formula is C14H20N2O2. The number of benzene rings is 1. The molecule has 1 fully saturated rings. The average molecular weight is 248 g/mol. The Balaban J connectivity index is 1.75. The number of ether oxygens (including phenoxy) is 2. The van der Waals surface area contributed by atoms with Crippen LogP contribution in [-0.4, -0.2) is 26.4 Å². The van der Waals surface area contributed by atoms with Crippen LogP contribution in [0.3, 0.4) is 0 Å². The molecule has 1 aromatic rings. The van der Waals surface area contributed by atoms with Gasteiger partial charge in [0, 0.05) is 31.4 Å². The van der Waals surface area contributed by atoms with Crippen molar-refractivity contribution in [1.29, 1.82) is 0 Å². The maximum Gasteiger partial charge on any atom is 0.231 e. The maximum absolute atomic E-state index is 5.83. The van der Waals surface area contributed by atoms with E-state index in [1.54, 1.807) is 0 Å². The lowest BCUT2D eigenvalue weighted by atomic mass is 9.80. The number of nitrogens with zero attached hydrogens (tertiary/aromatic N) is 1. The number of fused-ring (bicyclic) bond motifs is 1. The Labute approximate surface area is 108 Å². The van der Waals surface area contributed by atoms with Crippen molar-refractivity contribution in [3.05, 3.63) is 17.7 Å². The number of hydrogen-bond donors (Lipinski definition) is 1. The molecule has 0 amide bonds. The van der Waals surface area contributed by atoms with Gasteiger partial charge in [0.05, 0.1) is 0 Å². The number of anilines is 1. The van der Waals surface area contributed by atoms with Gasteiger partial charge in [-0.1, -0.05) is 0 Å². The normalized spacial score (nSPS) is 24.8. The Bertz CT molecular complexity index is 455. The van der Waals surface area contributed by atoms with Crippen LogP contribution in [-0.2, 0) is 0 Å². The average Bonchev–Trinajstić information content (AvgIpc) is 2.72. The van der Waals surface area contributed by atoms with Gasteiger partial charge in [0.2, 0.25) is 6.79 Å². The molecule has 3 rings (SSSR count). The van der Waals surface area contributed by atoms with Crippen molar-refractivity contribution in [2.45, 2.75) is 25.8 Å². The lowest BCUT2D eigenvalue weighted by molar-refractivity contribution is 0.174. The Morgan fingerprint density at radius 3 is 2.61 bits per heavy atom. The third kappa shape index (κ3) is 2.01. The van der Waals surface area contributed by atoms with Crippen molar-refractivity contribution in [2.24, 2.45) is 11.7 Å². The first-order valence-electron chi connectivity index (χ1n) is 6.50. The molecular weight excluding hydrogens is 228 g/mol. The van der Waals surface area contributed by atoms with Crippen LogP contribution in [0.4, 0.5) is 5.69 Å². The van der Waals surface area contributed by atoms with Gasteiger partial charge in [0.15, 0.2) is 11.5 Å². The monoisotopic (exact) mass is 248 g/mol. The molecule has 1 heterocycles. The Morgan fingerprint density at radius 2 is 1.94 bits per heavy atom. The zero-order chi connectivity index (χ0) is 12.7. The molecule has 1 aromatic carbocycles. The number of nitrogens with two attached hydrogens (primary N) is 1. The van der Waals surface area contributed by atoms with E-state index < -0.39 is 0 Å². The first kappa shape index (κ1) is 11.7. The van der Waals surface area contributed by atoms with Crippen molar-refractivity contribution in [2.75, 3.05) is 25.3 Å². The lowest BCUT2D eigenvalue weighted by Crippen LogP contribution is -2.42. The first-order valence-corrected chi connectivity index (χ1v) is 6.50. The van der Waals surface area contributed by atoms with E-state index in [0.29, 0.717) is 12.8 Å². The van der Waals surface area contributed by atoms with Crippen molar-refractivity contribution in [3.8, 4) is 11.5 Å². The molecule has 2 N–H and O–H groups in total.